The molecule has 0 fully saturated rings. The van der Waals surface area contributed by atoms with Gasteiger partial charge in [-0.1, -0.05) is 29.8 Å². The highest BCUT2D eigenvalue weighted by atomic mass is 16.5. The average molecular weight is 337 g/mol. The van der Waals surface area contributed by atoms with Crippen molar-refractivity contribution in [3.05, 3.63) is 59.5 Å². The van der Waals surface area contributed by atoms with Gasteiger partial charge in [0.05, 0.1) is 25.1 Å². The van der Waals surface area contributed by atoms with Crippen molar-refractivity contribution in [3.63, 3.8) is 0 Å². The van der Waals surface area contributed by atoms with Crippen LogP contribution in [0.5, 0.6) is 5.75 Å². The van der Waals surface area contributed by atoms with Gasteiger partial charge in [0.25, 0.3) is 0 Å². The Morgan fingerprint density at radius 3 is 2.56 bits per heavy atom. The fourth-order valence-corrected chi connectivity index (χ4v) is 2.65. The predicted octanol–water partition coefficient (Wildman–Crippen LogP) is 4.35. The van der Waals surface area contributed by atoms with Crippen LogP contribution in [0.4, 0.5) is 0 Å². The van der Waals surface area contributed by atoms with Crippen molar-refractivity contribution < 1.29 is 13.9 Å². The van der Waals surface area contributed by atoms with Crippen LogP contribution in [0.2, 0.25) is 0 Å². The number of methoxy groups -OCH3 is 1. The first-order valence-corrected chi connectivity index (χ1v) is 8.48. The standard InChI is InChI=1S/C21H23NO3/c1-4-24-17-9-10-20-18(13-17)19(22-11-12-23-3)14-21(25-20)16-7-5-15(2)6-8-16/h5-10,13-14H,4,11-12H2,1-3H3. The van der Waals surface area contributed by atoms with Crippen molar-refractivity contribution in [2.45, 2.75) is 13.8 Å². The van der Waals surface area contributed by atoms with Crippen LogP contribution >= 0.6 is 0 Å². The minimum atomic E-state index is 0.582. The molecule has 0 N–H and O–H groups in total. The van der Waals surface area contributed by atoms with Gasteiger partial charge in [-0.15, -0.1) is 0 Å². The summed E-state index contributed by atoms with van der Waals surface area (Å²) in [5.41, 5.74) is 3.04. The molecule has 0 aliphatic heterocycles. The predicted molar refractivity (Wildman–Crippen MR) is 99.9 cm³/mol. The number of ether oxygens (including phenoxy) is 2. The smallest absolute Gasteiger partial charge is 0.137 e. The van der Waals surface area contributed by atoms with Crippen LogP contribution in [0.3, 0.4) is 0 Å². The van der Waals surface area contributed by atoms with E-state index >= 15 is 0 Å². The molecule has 3 rings (SSSR count). The zero-order valence-corrected chi connectivity index (χ0v) is 14.9. The lowest BCUT2D eigenvalue weighted by molar-refractivity contribution is 0.207. The third-order valence-corrected chi connectivity index (χ3v) is 3.94. The molecule has 0 saturated carbocycles. The Kier molecular flexibility index (Phi) is 5.51. The van der Waals surface area contributed by atoms with Crippen molar-refractivity contribution in [3.8, 4) is 17.1 Å². The second-order valence-electron chi connectivity index (χ2n) is 5.83. The second kappa shape index (κ2) is 7.99. The van der Waals surface area contributed by atoms with Crippen LogP contribution in [0.25, 0.3) is 22.3 Å². The molecule has 3 aromatic rings. The monoisotopic (exact) mass is 337 g/mol. The zero-order chi connectivity index (χ0) is 17.6. The van der Waals surface area contributed by atoms with Gasteiger partial charge >= 0.3 is 0 Å². The average Bonchev–Trinajstić information content (AvgIpc) is 2.63. The fourth-order valence-electron chi connectivity index (χ4n) is 2.65. The Morgan fingerprint density at radius 1 is 1.04 bits per heavy atom. The number of benzene rings is 2. The second-order valence-corrected chi connectivity index (χ2v) is 5.83. The molecule has 1 heterocycles. The molecule has 2 aromatic carbocycles. The van der Waals surface area contributed by atoms with E-state index in [-0.39, 0.29) is 0 Å². The van der Waals surface area contributed by atoms with E-state index in [0.29, 0.717) is 19.8 Å². The van der Waals surface area contributed by atoms with Crippen LogP contribution in [-0.4, -0.2) is 26.9 Å². The lowest BCUT2D eigenvalue weighted by atomic mass is 10.1. The number of hydrogen-bond donors (Lipinski definition) is 0. The van der Waals surface area contributed by atoms with Crippen molar-refractivity contribution in [2.75, 3.05) is 26.9 Å². The highest BCUT2D eigenvalue weighted by Crippen LogP contribution is 2.25. The zero-order valence-electron chi connectivity index (χ0n) is 14.9. The number of aryl methyl sites for hydroxylation is 1. The Balaban J connectivity index is 2.15. The molecule has 0 amide bonds. The quantitative estimate of drug-likeness (QED) is 0.628. The summed E-state index contributed by atoms with van der Waals surface area (Å²) in [7, 11) is 1.68. The number of hydrogen-bond acceptors (Lipinski definition) is 4. The van der Waals surface area contributed by atoms with Gasteiger partial charge in [0.15, 0.2) is 0 Å². The third-order valence-electron chi connectivity index (χ3n) is 3.94. The molecule has 0 saturated heterocycles. The highest BCUT2D eigenvalue weighted by Gasteiger charge is 2.07. The normalized spacial score (nSPS) is 11.9. The van der Waals surface area contributed by atoms with Crippen LogP contribution in [-0.2, 0) is 4.74 Å². The Labute approximate surface area is 147 Å². The lowest BCUT2D eigenvalue weighted by Gasteiger charge is -2.08. The molecule has 0 radical (unpaired) electrons. The first-order valence-electron chi connectivity index (χ1n) is 8.48. The van der Waals surface area contributed by atoms with Crippen molar-refractivity contribution in [2.24, 2.45) is 4.99 Å². The van der Waals surface area contributed by atoms with Gasteiger partial charge in [-0.05, 0) is 32.0 Å². The highest BCUT2D eigenvalue weighted by molar-refractivity contribution is 5.80. The molecule has 4 nitrogen and oxygen atoms in total. The van der Waals surface area contributed by atoms with E-state index in [9.17, 15) is 0 Å². The molecule has 0 bridgehead atoms. The molecular formula is C21H23NO3. The van der Waals surface area contributed by atoms with E-state index in [1.54, 1.807) is 7.11 Å². The van der Waals surface area contributed by atoms with Crippen LogP contribution in [0, 0.1) is 6.92 Å². The summed E-state index contributed by atoms with van der Waals surface area (Å²) in [6, 6.07) is 16.1. The third kappa shape index (κ3) is 4.09. The van der Waals surface area contributed by atoms with Gasteiger partial charge in [0.2, 0.25) is 0 Å². The van der Waals surface area contributed by atoms with E-state index in [2.05, 4.69) is 36.2 Å². The molecular weight excluding hydrogens is 314 g/mol. The van der Waals surface area contributed by atoms with Crippen molar-refractivity contribution >= 4 is 11.0 Å². The molecule has 4 heteroatoms. The lowest BCUT2D eigenvalue weighted by Crippen LogP contribution is -2.07. The summed E-state index contributed by atoms with van der Waals surface area (Å²) < 4.78 is 16.9. The number of fused-ring (bicyclic) bond motifs is 1. The summed E-state index contributed by atoms with van der Waals surface area (Å²) in [6.45, 7) is 5.85. The van der Waals surface area contributed by atoms with E-state index in [1.165, 1.54) is 5.56 Å². The number of rotatable bonds is 6. The van der Waals surface area contributed by atoms with Crippen molar-refractivity contribution in [1.29, 1.82) is 0 Å². The summed E-state index contributed by atoms with van der Waals surface area (Å²) >= 11 is 0. The summed E-state index contributed by atoms with van der Waals surface area (Å²) in [6.07, 6.45) is 0. The van der Waals surface area contributed by atoms with Gasteiger partial charge < -0.3 is 13.9 Å². The van der Waals surface area contributed by atoms with Gasteiger partial charge in [-0.2, -0.15) is 0 Å². The molecule has 1 aromatic heterocycles. The summed E-state index contributed by atoms with van der Waals surface area (Å²) in [5, 5.41) is 1.83. The Hall–Kier alpha value is -2.59. The molecule has 0 spiro atoms. The minimum Gasteiger partial charge on any atom is -0.494 e. The molecule has 0 aliphatic rings. The first-order chi connectivity index (χ1) is 12.2. The Morgan fingerprint density at radius 2 is 1.84 bits per heavy atom. The maximum Gasteiger partial charge on any atom is 0.137 e. The van der Waals surface area contributed by atoms with Crippen LogP contribution < -0.4 is 10.1 Å². The molecule has 0 unspecified atom stereocenters. The summed E-state index contributed by atoms with van der Waals surface area (Å²) in [5.74, 6) is 1.62. The topological polar surface area (TPSA) is 44.0 Å². The molecule has 0 atom stereocenters. The van der Waals surface area contributed by atoms with E-state index in [0.717, 1.165) is 33.4 Å². The van der Waals surface area contributed by atoms with E-state index < -0.39 is 0 Å². The maximum absolute atomic E-state index is 6.12. The van der Waals surface area contributed by atoms with Crippen LogP contribution in [0.1, 0.15) is 12.5 Å². The van der Waals surface area contributed by atoms with E-state index in [1.807, 2.05) is 31.2 Å². The van der Waals surface area contributed by atoms with Gasteiger partial charge in [-0.3, -0.25) is 4.99 Å². The minimum absolute atomic E-state index is 0.582. The van der Waals surface area contributed by atoms with Gasteiger partial charge in [0, 0.05) is 24.1 Å². The van der Waals surface area contributed by atoms with Gasteiger partial charge in [0.1, 0.15) is 17.1 Å². The molecule has 0 aliphatic carbocycles. The largest absolute Gasteiger partial charge is 0.494 e. The Bertz CT molecular complexity index is 911. The first kappa shape index (κ1) is 17.2. The van der Waals surface area contributed by atoms with E-state index in [4.69, 9.17) is 13.9 Å². The summed E-state index contributed by atoms with van der Waals surface area (Å²) in [4.78, 5) is 4.69. The molecule has 130 valence electrons. The number of nitrogens with zero attached hydrogens (tertiary/aromatic N) is 1. The SMILES string of the molecule is CCOc1ccc2oc(-c3ccc(C)cc3)cc(=NCCOC)c2c1. The van der Waals surface area contributed by atoms with Crippen molar-refractivity contribution in [1.82, 2.24) is 0 Å². The fraction of sp³-hybridized carbons (Fsp3) is 0.286. The van der Waals surface area contributed by atoms with Crippen LogP contribution in [0.15, 0.2) is 57.9 Å². The molecule has 25 heavy (non-hydrogen) atoms. The van der Waals surface area contributed by atoms with Gasteiger partial charge in [-0.25, -0.2) is 0 Å². The maximum atomic E-state index is 6.12.